The Morgan fingerprint density at radius 2 is 2.05 bits per heavy atom. The fourth-order valence-corrected chi connectivity index (χ4v) is 2.09. The van der Waals surface area contributed by atoms with Gasteiger partial charge < -0.3 is 10.5 Å². The minimum atomic E-state index is -0.0381. The molecule has 0 aliphatic rings. The van der Waals surface area contributed by atoms with Crippen LogP contribution >= 0.6 is 0 Å². The maximum absolute atomic E-state index is 5.97. The second kappa shape index (κ2) is 5.45. The van der Waals surface area contributed by atoms with Gasteiger partial charge in [0.05, 0.1) is 11.4 Å². The van der Waals surface area contributed by atoms with E-state index in [4.69, 9.17) is 10.5 Å². The third-order valence-corrected chi connectivity index (χ3v) is 3.13. The summed E-state index contributed by atoms with van der Waals surface area (Å²) < 4.78 is 7.76. The first-order chi connectivity index (χ1) is 8.97. The van der Waals surface area contributed by atoms with Crippen LogP contribution in [0.4, 0.5) is 0 Å². The second-order valence-electron chi connectivity index (χ2n) is 5.02. The molecular weight excluding hydrogens is 238 g/mol. The van der Waals surface area contributed by atoms with Gasteiger partial charge in [0.15, 0.2) is 0 Å². The summed E-state index contributed by atoms with van der Waals surface area (Å²) in [6.07, 6.45) is 0. The van der Waals surface area contributed by atoms with Crippen molar-refractivity contribution in [1.82, 2.24) is 9.78 Å². The van der Waals surface area contributed by atoms with Crippen LogP contribution in [0.15, 0.2) is 24.3 Å². The Morgan fingerprint density at radius 1 is 1.32 bits per heavy atom. The Hall–Kier alpha value is -1.81. The fraction of sp³-hybridized carbons (Fsp3) is 0.400. The molecule has 1 heterocycles. The molecular formula is C15H21N3O. The van der Waals surface area contributed by atoms with Crippen molar-refractivity contribution in [3.05, 3.63) is 46.8 Å². The van der Waals surface area contributed by atoms with Crippen LogP contribution in [0, 0.1) is 13.8 Å². The largest absolute Gasteiger partial charge is 0.487 e. The summed E-state index contributed by atoms with van der Waals surface area (Å²) in [7, 11) is 1.93. The molecule has 2 aromatic rings. The molecule has 102 valence electrons. The van der Waals surface area contributed by atoms with Crippen molar-refractivity contribution in [2.75, 3.05) is 0 Å². The zero-order valence-corrected chi connectivity index (χ0v) is 12.0. The topological polar surface area (TPSA) is 53.1 Å². The first kappa shape index (κ1) is 13.6. The molecule has 0 bridgehead atoms. The van der Waals surface area contributed by atoms with Gasteiger partial charge in [0.1, 0.15) is 12.4 Å². The van der Waals surface area contributed by atoms with Crippen LogP contribution in [0.1, 0.15) is 35.5 Å². The number of nitrogens with two attached hydrogens (primary N) is 1. The summed E-state index contributed by atoms with van der Waals surface area (Å²) in [6, 6.07) is 8.11. The molecule has 4 heteroatoms. The molecule has 1 atom stereocenters. The molecule has 0 saturated heterocycles. The minimum Gasteiger partial charge on any atom is -0.487 e. The second-order valence-corrected chi connectivity index (χ2v) is 5.02. The highest BCUT2D eigenvalue weighted by Crippen LogP contribution is 2.26. The van der Waals surface area contributed by atoms with Crippen molar-refractivity contribution in [3.8, 4) is 5.75 Å². The first-order valence-corrected chi connectivity index (χ1v) is 6.46. The molecule has 0 aliphatic heterocycles. The lowest BCUT2D eigenvalue weighted by molar-refractivity contribution is 0.290. The normalized spacial score (nSPS) is 12.5. The van der Waals surface area contributed by atoms with Gasteiger partial charge >= 0.3 is 0 Å². The molecule has 2 rings (SSSR count). The number of hydrogen-bond acceptors (Lipinski definition) is 3. The highest BCUT2D eigenvalue weighted by molar-refractivity contribution is 5.39. The van der Waals surface area contributed by atoms with Gasteiger partial charge in [-0.25, -0.2) is 0 Å². The van der Waals surface area contributed by atoms with Gasteiger partial charge in [-0.2, -0.15) is 5.10 Å². The molecule has 0 fully saturated rings. The summed E-state index contributed by atoms with van der Waals surface area (Å²) >= 11 is 0. The zero-order chi connectivity index (χ0) is 14.0. The summed E-state index contributed by atoms with van der Waals surface area (Å²) in [5.74, 6) is 0.855. The smallest absolute Gasteiger partial charge is 0.130 e. The highest BCUT2D eigenvalue weighted by atomic mass is 16.5. The molecule has 0 amide bonds. The number of benzene rings is 1. The first-order valence-electron chi connectivity index (χ1n) is 6.46. The van der Waals surface area contributed by atoms with Crippen LogP contribution in [0.5, 0.6) is 5.75 Å². The van der Waals surface area contributed by atoms with Crippen LogP contribution < -0.4 is 10.5 Å². The maximum atomic E-state index is 5.97. The number of ether oxygens (including phenoxy) is 1. The van der Waals surface area contributed by atoms with Gasteiger partial charge in [0, 0.05) is 18.7 Å². The lowest BCUT2D eigenvalue weighted by atomic mass is 10.1. The monoisotopic (exact) mass is 259 g/mol. The van der Waals surface area contributed by atoms with Gasteiger partial charge in [-0.1, -0.05) is 12.1 Å². The standard InChI is InChI=1S/C15H21N3O/c1-10-5-6-14(12(3)16)15(7-10)19-9-13-8-11(2)17-18(13)4/h5-8,12H,9,16H2,1-4H3/t12-/m0/s1. The van der Waals surface area contributed by atoms with E-state index >= 15 is 0 Å². The van der Waals surface area contributed by atoms with E-state index in [2.05, 4.69) is 11.2 Å². The van der Waals surface area contributed by atoms with E-state index in [-0.39, 0.29) is 6.04 Å². The lowest BCUT2D eigenvalue weighted by Crippen LogP contribution is -2.09. The zero-order valence-electron chi connectivity index (χ0n) is 12.0. The highest BCUT2D eigenvalue weighted by Gasteiger charge is 2.10. The number of hydrogen-bond donors (Lipinski definition) is 1. The van der Waals surface area contributed by atoms with Crippen molar-refractivity contribution in [3.63, 3.8) is 0 Å². The van der Waals surface area contributed by atoms with Crippen LogP contribution in [-0.2, 0) is 13.7 Å². The third-order valence-electron chi connectivity index (χ3n) is 3.13. The number of aromatic nitrogens is 2. The molecule has 19 heavy (non-hydrogen) atoms. The minimum absolute atomic E-state index is 0.0381. The van der Waals surface area contributed by atoms with Crippen LogP contribution in [-0.4, -0.2) is 9.78 Å². The Morgan fingerprint density at radius 3 is 2.63 bits per heavy atom. The van der Waals surface area contributed by atoms with Crippen LogP contribution in [0.25, 0.3) is 0 Å². The van der Waals surface area contributed by atoms with E-state index in [9.17, 15) is 0 Å². The average molecular weight is 259 g/mol. The Balaban J connectivity index is 2.19. The molecule has 0 aliphatic carbocycles. The average Bonchev–Trinajstić information content (AvgIpc) is 2.65. The molecule has 0 spiro atoms. The summed E-state index contributed by atoms with van der Waals surface area (Å²) in [6.45, 7) is 6.49. The van der Waals surface area contributed by atoms with Gasteiger partial charge in [0.25, 0.3) is 0 Å². The van der Waals surface area contributed by atoms with E-state index in [0.29, 0.717) is 6.61 Å². The van der Waals surface area contributed by atoms with Gasteiger partial charge in [-0.15, -0.1) is 0 Å². The predicted molar refractivity (Wildman–Crippen MR) is 76.1 cm³/mol. The van der Waals surface area contributed by atoms with Crippen LogP contribution in [0.2, 0.25) is 0 Å². The quantitative estimate of drug-likeness (QED) is 0.918. The van der Waals surface area contributed by atoms with Crippen molar-refractivity contribution in [2.24, 2.45) is 12.8 Å². The van der Waals surface area contributed by atoms with E-state index in [1.165, 1.54) is 5.56 Å². The van der Waals surface area contributed by atoms with Crippen LogP contribution in [0.3, 0.4) is 0 Å². The lowest BCUT2D eigenvalue weighted by Gasteiger charge is -2.14. The van der Waals surface area contributed by atoms with Crippen molar-refractivity contribution in [1.29, 1.82) is 0 Å². The number of nitrogens with zero attached hydrogens (tertiary/aromatic N) is 2. The molecule has 1 aromatic heterocycles. The fourth-order valence-electron chi connectivity index (χ4n) is 2.09. The van der Waals surface area contributed by atoms with Crippen molar-refractivity contribution in [2.45, 2.75) is 33.4 Å². The van der Waals surface area contributed by atoms with Gasteiger partial charge in [-0.3, -0.25) is 4.68 Å². The Bertz CT molecular complexity index is 573. The van der Waals surface area contributed by atoms with E-state index in [1.807, 2.05) is 50.7 Å². The molecule has 4 nitrogen and oxygen atoms in total. The number of aryl methyl sites for hydroxylation is 3. The van der Waals surface area contributed by atoms with E-state index < -0.39 is 0 Å². The number of rotatable bonds is 4. The molecule has 0 radical (unpaired) electrons. The van der Waals surface area contributed by atoms with E-state index in [0.717, 1.165) is 22.7 Å². The predicted octanol–water partition coefficient (Wildman–Crippen LogP) is 2.64. The third kappa shape index (κ3) is 3.15. The summed E-state index contributed by atoms with van der Waals surface area (Å²) in [5, 5.41) is 4.31. The summed E-state index contributed by atoms with van der Waals surface area (Å²) in [4.78, 5) is 0. The van der Waals surface area contributed by atoms with Gasteiger partial charge in [-0.05, 0) is 38.5 Å². The maximum Gasteiger partial charge on any atom is 0.130 e. The van der Waals surface area contributed by atoms with Crippen molar-refractivity contribution >= 4 is 0 Å². The van der Waals surface area contributed by atoms with E-state index in [1.54, 1.807) is 0 Å². The molecule has 0 saturated carbocycles. The Labute approximate surface area is 114 Å². The Kier molecular flexibility index (Phi) is 3.90. The molecule has 0 unspecified atom stereocenters. The summed E-state index contributed by atoms with van der Waals surface area (Å²) in [5.41, 5.74) is 10.2. The SMILES string of the molecule is Cc1ccc([C@H](C)N)c(OCc2cc(C)nn2C)c1. The van der Waals surface area contributed by atoms with Crippen molar-refractivity contribution < 1.29 is 4.74 Å². The molecule has 1 aromatic carbocycles. The molecule has 2 N–H and O–H groups in total. The van der Waals surface area contributed by atoms with Gasteiger partial charge in [0.2, 0.25) is 0 Å².